The lowest BCUT2D eigenvalue weighted by Gasteiger charge is -2.04. The fourth-order valence-corrected chi connectivity index (χ4v) is 1.39. The van der Waals surface area contributed by atoms with Crippen LogP contribution in [-0.2, 0) is 0 Å². The normalized spacial score (nSPS) is 10.1. The van der Waals surface area contributed by atoms with E-state index in [2.05, 4.69) is 0 Å². The molecule has 0 aliphatic rings. The van der Waals surface area contributed by atoms with Gasteiger partial charge in [0.2, 0.25) is 0 Å². The summed E-state index contributed by atoms with van der Waals surface area (Å²) in [5.74, 6) is -0.158. The molecule has 2 aromatic carbocycles. The summed E-state index contributed by atoms with van der Waals surface area (Å²) in [5.41, 5.74) is 1.52. The average Bonchev–Trinajstić information content (AvgIpc) is 2.22. The van der Waals surface area contributed by atoms with Gasteiger partial charge < -0.3 is 15.3 Å². The topological polar surface area (TPSA) is 60.7 Å². The van der Waals surface area contributed by atoms with Gasteiger partial charge in [-0.2, -0.15) is 0 Å². The van der Waals surface area contributed by atoms with Crippen molar-refractivity contribution >= 4 is 0 Å². The zero-order valence-corrected chi connectivity index (χ0v) is 7.88. The Morgan fingerprint density at radius 3 is 2.07 bits per heavy atom. The van der Waals surface area contributed by atoms with Crippen molar-refractivity contribution in [3.63, 3.8) is 0 Å². The Morgan fingerprint density at radius 2 is 1.40 bits per heavy atom. The molecule has 76 valence electrons. The summed E-state index contributed by atoms with van der Waals surface area (Å²) in [6.45, 7) is 0. The lowest BCUT2D eigenvalue weighted by Crippen LogP contribution is -1.77. The van der Waals surface area contributed by atoms with E-state index in [1.54, 1.807) is 24.3 Å². The first-order valence-corrected chi connectivity index (χ1v) is 4.48. The molecule has 2 aromatic rings. The number of phenols is 3. The van der Waals surface area contributed by atoms with Gasteiger partial charge >= 0.3 is 0 Å². The number of benzene rings is 2. The molecule has 0 amide bonds. The molecule has 0 spiro atoms. The first-order valence-electron chi connectivity index (χ1n) is 4.48. The summed E-state index contributed by atoms with van der Waals surface area (Å²) in [6, 6.07) is 11.2. The number of phenolic OH excluding ortho intramolecular Hbond substituents is 3. The van der Waals surface area contributed by atoms with Crippen LogP contribution in [0.3, 0.4) is 0 Å². The van der Waals surface area contributed by atoms with Gasteiger partial charge in [-0.25, -0.2) is 0 Å². The number of hydrogen-bond donors (Lipinski definition) is 3. The Labute approximate surface area is 86.9 Å². The van der Waals surface area contributed by atoms with E-state index < -0.39 is 0 Å². The van der Waals surface area contributed by atoms with E-state index >= 15 is 0 Å². The standard InChI is InChI=1S/C12H10O3/c13-10-3-1-2-8(6-10)9-4-5-11(14)12(15)7-9/h1-7,13-15H. The van der Waals surface area contributed by atoms with E-state index in [9.17, 15) is 10.2 Å². The third-order valence-corrected chi connectivity index (χ3v) is 2.15. The molecule has 0 atom stereocenters. The average molecular weight is 202 g/mol. The second-order valence-corrected chi connectivity index (χ2v) is 3.25. The van der Waals surface area contributed by atoms with E-state index in [0.717, 1.165) is 11.1 Å². The fraction of sp³-hybridized carbons (Fsp3) is 0. The van der Waals surface area contributed by atoms with Gasteiger partial charge in [0.05, 0.1) is 0 Å². The third-order valence-electron chi connectivity index (χ3n) is 2.15. The predicted molar refractivity (Wildman–Crippen MR) is 56.9 cm³/mol. The largest absolute Gasteiger partial charge is 0.508 e. The van der Waals surface area contributed by atoms with Gasteiger partial charge in [-0.05, 0) is 35.4 Å². The van der Waals surface area contributed by atoms with Crippen molar-refractivity contribution in [1.29, 1.82) is 0 Å². The predicted octanol–water partition coefficient (Wildman–Crippen LogP) is 2.47. The van der Waals surface area contributed by atoms with Crippen molar-refractivity contribution in [2.75, 3.05) is 0 Å². The summed E-state index contributed by atoms with van der Waals surface area (Å²) in [4.78, 5) is 0. The lowest BCUT2D eigenvalue weighted by atomic mass is 10.1. The maximum absolute atomic E-state index is 9.32. The highest BCUT2D eigenvalue weighted by Crippen LogP contribution is 2.31. The van der Waals surface area contributed by atoms with Crippen LogP contribution in [0.2, 0.25) is 0 Å². The molecule has 15 heavy (non-hydrogen) atoms. The van der Waals surface area contributed by atoms with Gasteiger partial charge in [0.25, 0.3) is 0 Å². The van der Waals surface area contributed by atoms with Crippen LogP contribution < -0.4 is 0 Å². The highest BCUT2D eigenvalue weighted by molar-refractivity contribution is 5.67. The van der Waals surface area contributed by atoms with E-state index in [1.165, 1.54) is 12.1 Å². The molecule has 3 N–H and O–H groups in total. The molecule has 0 aromatic heterocycles. The third kappa shape index (κ3) is 1.86. The van der Waals surface area contributed by atoms with Gasteiger partial charge in [0.1, 0.15) is 5.75 Å². The van der Waals surface area contributed by atoms with Crippen LogP contribution in [0, 0.1) is 0 Å². The van der Waals surface area contributed by atoms with Crippen LogP contribution in [0.15, 0.2) is 42.5 Å². The zero-order valence-electron chi connectivity index (χ0n) is 7.88. The monoisotopic (exact) mass is 202 g/mol. The van der Waals surface area contributed by atoms with Crippen LogP contribution in [-0.4, -0.2) is 15.3 Å². The highest BCUT2D eigenvalue weighted by Gasteiger charge is 2.03. The molecule has 0 radical (unpaired) electrons. The van der Waals surface area contributed by atoms with Crippen LogP contribution in [0.5, 0.6) is 17.2 Å². The second-order valence-electron chi connectivity index (χ2n) is 3.25. The Hall–Kier alpha value is -2.16. The Morgan fingerprint density at radius 1 is 0.667 bits per heavy atom. The molecular formula is C12H10O3. The Kier molecular flexibility index (Phi) is 2.21. The zero-order chi connectivity index (χ0) is 10.8. The van der Waals surface area contributed by atoms with Crippen molar-refractivity contribution in [1.82, 2.24) is 0 Å². The molecule has 0 saturated heterocycles. The van der Waals surface area contributed by atoms with E-state index in [4.69, 9.17) is 5.11 Å². The van der Waals surface area contributed by atoms with E-state index in [0.29, 0.717) is 0 Å². The Balaban J connectivity index is 2.50. The molecule has 0 unspecified atom stereocenters. The summed E-state index contributed by atoms with van der Waals surface area (Å²) in [5, 5.41) is 27.8. The quantitative estimate of drug-likeness (QED) is 0.622. The van der Waals surface area contributed by atoms with Gasteiger partial charge in [-0.1, -0.05) is 18.2 Å². The molecule has 0 bridgehead atoms. The molecule has 0 aliphatic carbocycles. The first kappa shape index (κ1) is 9.40. The summed E-state index contributed by atoms with van der Waals surface area (Å²) >= 11 is 0. The molecule has 3 heteroatoms. The Bertz CT molecular complexity index is 492. The van der Waals surface area contributed by atoms with Gasteiger partial charge in [-0.15, -0.1) is 0 Å². The van der Waals surface area contributed by atoms with E-state index in [-0.39, 0.29) is 17.2 Å². The maximum Gasteiger partial charge on any atom is 0.158 e. The molecule has 0 saturated carbocycles. The van der Waals surface area contributed by atoms with Gasteiger partial charge in [0.15, 0.2) is 11.5 Å². The SMILES string of the molecule is Oc1cccc(-c2ccc(O)c(O)c2)c1. The maximum atomic E-state index is 9.32. The summed E-state index contributed by atoms with van der Waals surface area (Å²) in [6.07, 6.45) is 0. The number of rotatable bonds is 1. The van der Waals surface area contributed by atoms with E-state index in [1.807, 2.05) is 6.07 Å². The summed E-state index contributed by atoms with van der Waals surface area (Å²) in [7, 11) is 0. The van der Waals surface area contributed by atoms with Crippen molar-refractivity contribution in [2.45, 2.75) is 0 Å². The molecular weight excluding hydrogens is 192 g/mol. The lowest BCUT2D eigenvalue weighted by molar-refractivity contribution is 0.404. The number of aromatic hydroxyl groups is 3. The van der Waals surface area contributed by atoms with Crippen molar-refractivity contribution in [3.8, 4) is 28.4 Å². The van der Waals surface area contributed by atoms with Crippen LogP contribution in [0.1, 0.15) is 0 Å². The van der Waals surface area contributed by atoms with Crippen LogP contribution in [0.25, 0.3) is 11.1 Å². The minimum absolute atomic E-state index is 0.154. The number of hydrogen-bond acceptors (Lipinski definition) is 3. The molecule has 0 heterocycles. The van der Waals surface area contributed by atoms with Crippen molar-refractivity contribution in [3.05, 3.63) is 42.5 Å². The first-order chi connectivity index (χ1) is 7.16. The fourth-order valence-electron chi connectivity index (χ4n) is 1.39. The van der Waals surface area contributed by atoms with Crippen molar-refractivity contribution < 1.29 is 15.3 Å². The molecule has 0 fully saturated rings. The van der Waals surface area contributed by atoms with Crippen LogP contribution in [0.4, 0.5) is 0 Å². The molecule has 2 rings (SSSR count). The second kappa shape index (κ2) is 3.53. The smallest absolute Gasteiger partial charge is 0.158 e. The van der Waals surface area contributed by atoms with Gasteiger partial charge in [-0.3, -0.25) is 0 Å². The minimum Gasteiger partial charge on any atom is -0.508 e. The van der Waals surface area contributed by atoms with Gasteiger partial charge in [0, 0.05) is 0 Å². The highest BCUT2D eigenvalue weighted by atomic mass is 16.3. The van der Waals surface area contributed by atoms with Crippen molar-refractivity contribution in [2.24, 2.45) is 0 Å². The molecule has 3 nitrogen and oxygen atoms in total. The molecule has 0 aliphatic heterocycles. The summed E-state index contributed by atoms with van der Waals surface area (Å²) < 4.78 is 0. The minimum atomic E-state index is -0.171. The van der Waals surface area contributed by atoms with Crippen LogP contribution >= 0.6 is 0 Å².